The first-order chi connectivity index (χ1) is 7.23. The van der Waals surface area contributed by atoms with Gasteiger partial charge in [-0.2, -0.15) is 0 Å². The first-order valence-corrected chi connectivity index (χ1v) is 5.35. The molecule has 1 saturated carbocycles. The maximum atomic E-state index is 13.6. The Morgan fingerprint density at radius 2 is 2.13 bits per heavy atom. The fourth-order valence-electron chi connectivity index (χ4n) is 2.27. The maximum Gasteiger partial charge on any atom is 0.127 e. The fourth-order valence-corrected chi connectivity index (χ4v) is 2.27. The van der Waals surface area contributed by atoms with Gasteiger partial charge in [0, 0.05) is 17.0 Å². The van der Waals surface area contributed by atoms with Crippen LogP contribution in [0.3, 0.4) is 0 Å². The van der Waals surface area contributed by atoms with Crippen LogP contribution >= 0.6 is 0 Å². The molecule has 0 amide bonds. The van der Waals surface area contributed by atoms with Gasteiger partial charge in [0.2, 0.25) is 0 Å². The molecule has 0 radical (unpaired) electrons. The molecule has 0 bridgehead atoms. The molecule has 1 fully saturated rings. The van der Waals surface area contributed by atoms with E-state index >= 15 is 0 Å². The van der Waals surface area contributed by atoms with Crippen LogP contribution in [0, 0.1) is 11.2 Å². The Morgan fingerprint density at radius 1 is 1.47 bits per heavy atom. The summed E-state index contributed by atoms with van der Waals surface area (Å²) in [6, 6.07) is 6.98. The molecule has 0 spiro atoms. The Labute approximate surface area is 89.7 Å². The predicted octanol–water partition coefficient (Wildman–Crippen LogP) is 1.83. The standard InChI is InChI=1S/C12H17FN2/c1-15-11(12(8-14)6-7-12)9-4-2-3-5-10(9)13/h2-5,11,15H,6-8,14H2,1H3. The van der Waals surface area contributed by atoms with Crippen molar-refractivity contribution < 1.29 is 4.39 Å². The lowest BCUT2D eigenvalue weighted by Gasteiger charge is -2.26. The average Bonchev–Trinajstić information content (AvgIpc) is 3.03. The molecule has 1 unspecified atom stereocenters. The normalized spacial score (nSPS) is 19.9. The third kappa shape index (κ3) is 1.77. The highest BCUT2D eigenvalue weighted by molar-refractivity contribution is 5.26. The van der Waals surface area contributed by atoms with Crippen molar-refractivity contribution in [2.45, 2.75) is 18.9 Å². The summed E-state index contributed by atoms with van der Waals surface area (Å²) in [5, 5.41) is 3.19. The number of nitrogens with one attached hydrogen (secondary N) is 1. The SMILES string of the molecule is CNC(c1ccccc1F)C1(CN)CC1. The molecule has 1 aromatic rings. The molecule has 0 heterocycles. The molecular formula is C12H17FN2. The van der Waals surface area contributed by atoms with E-state index < -0.39 is 0 Å². The van der Waals surface area contributed by atoms with Crippen molar-refractivity contribution in [3.05, 3.63) is 35.6 Å². The monoisotopic (exact) mass is 208 g/mol. The van der Waals surface area contributed by atoms with Crippen molar-refractivity contribution in [2.75, 3.05) is 13.6 Å². The van der Waals surface area contributed by atoms with E-state index in [1.165, 1.54) is 6.07 Å². The second-order valence-corrected chi connectivity index (χ2v) is 4.31. The quantitative estimate of drug-likeness (QED) is 0.792. The second kappa shape index (κ2) is 3.91. The van der Waals surface area contributed by atoms with Crippen molar-refractivity contribution in [3.8, 4) is 0 Å². The first-order valence-electron chi connectivity index (χ1n) is 5.35. The third-order valence-electron chi connectivity index (χ3n) is 3.42. The Hall–Kier alpha value is -0.930. The van der Waals surface area contributed by atoms with Gasteiger partial charge in [-0.25, -0.2) is 4.39 Å². The van der Waals surface area contributed by atoms with Gasteiger partial charge in [-0.15, -0.1) is 0 Å². The van der Waals surface area contributed by atoms with Crippen molar-refractivity contribution in [1.82, 2.24) is 5.32 Å². The van der Waals surface area contributed by atoms with E-state index in [1.807, 2.05) is 19.2 Å². The smallest absolute Gasteiger partial charge is 0.127 e. The highest BCUT2D eigenvalue weighted by Gasteiger charge is 2.48. The number of nitrogens with two attached hydrogens (primary N) is 1. The average molecular weight is 208 g/mol. The van der Waals surface area contributed by atoms with E-state index in [1.54, 1.807) is 6.07 Å². The lowest BCUT2D eigenvalue weighted by Crippen LogP contribution is -2.32. The van der Waals surface area contributed by atoms with Gasteiger partial charge in [0.05, 0.1) is 0 Å². The van der Waals surface area contributed by atoms with Crippen LogP contribution in [0.4, 0.5) is 4.39 Å². The molecule has 3 N–H and O–H groups in total. The van der Waals surface area contributed by atoms with Crippen molar-refractivity contribution in [1.29, 1.82) is 0 Å². The molecule has 1 aliphatic rings. The van der Waals surface area contributed by atoms with E-state index in [-0.39, 0.29) is 17.3 Å². The maximum absolute atomic E-state index is 13.6. The van der Waals surface area contributed by atoms with E-state index in [9.17, 15) is 4.39 Å². The molecule has 2 nitrogen and oxygen atoms in total. The van der Waals surface area contributed by atoms with Gasteiger partial charge in [0.1, 0.15) is 5.82 Å². The second-order valence-electron chi connectivity index (χ2n) is 4.31. The van der Waals surface area contributed by atoms with Crippen LogP contribution in [0.5, 0.6) is 0 Å². The van der Waals surface area contributed by atoms with Gasteiger partial charge < -0.3 is 11.1 Å². The van der Waals surface area contributed by atoms with E-state index in [0.29, 0.717) is 6.54 Å². The molecule has 1 aromatic carbocycles. The predicted molar refractivity (Wildman–Crippen MR) is 58.9 cm³/mol. The summed E-state index contributed by atoms with van der Waals surface area (Å²) >= 11 is 0. The van der Waals surface area contributed by atoms with Gasteiger partial charge in [0.15, 0.2) is 0 Å². The van der Waals surface area contributed by atoms with E-state index in [2.05, 4.69) is 5.32 Å². The molecule has 1 aliphatic carbocycles. The van der Waals surface area contributed by atoms with Crippen molar-refractivity contribution in [3.63, 3.8) is 0 Å². The lowest BCUT2D eigenvalue weighted by atomic mass is 9.90. The summed E-state index contributed by atoms with van der Waals surface area (Å²) in [4.78, 5) is 0. The summed E-state index contributed by atoms with van der Waals surface area (Å²) in [6.45, 7) is 0.618. The Bertz CT molecular complexity index is 347. The number of hydrogen-bond acceptors (Lipinski definition) is 2. The zero-order valence-electron chi connectivity index (χ0n) is 8.96. The molecule has 82 valence electrons. The Kier molecular flexibility index (Phi) is 2.76. The van der Waals surface area contributed by atoms with Crippen LogP contribution in [0.25, 0.3) is 0 Å². The summed E-state index contributed by atoms with van der Waals surface area (Å²) < 4.78 is 13.6. The van der Waals surface area contributed by atoms with Gasteiger partial charge in [0.25, 0.3) is 0 Å². The zero-order chi connectivity index (χ0) is 10.9. The zero-order valence-corrected chi connectivity index (χ0v) is 8.96. The Morgan fingerprint density at radius 3 is 2.60 bits per heavy atom. The van der Waals surface area contributed by atoms with Gasteiger partial charge in [-0.1, -0.05) is 18.2 Å². The van der Waals surface area contributed by atoms with Crippen LogP contribution in [-0.4, -0.2) is 13.6 Å². The highest BCUT2D eigenvalue weighted by Crippen LogP contribution is 2.54. The first kappa shape index (κ1) is 10.6. The third-order valence-corrected chi connectivity index (χ3v) is 3.42. The number of hydrogen-bond donors (Lipinski definition) is 2. The lowest BCUT2D eigenvalue weighted by molar-refractivity contribution is 0.355. The van der Waals surface area contributed by atoms with E-state index in [0.717, 1.165) is 18.4 Å². The fraction of sp³-hybridized carbons (Fsp3) is 0.500. The highest BCUT2D eigenvalue weighted by atomic mass is 19.1. The molecule has 0 aromatic heterocycles. The van der Waals surface area contributed by atoms with Gasteiger partial charge in [-0.3, -0.25) is 0 Å². The largest absolute Gasteiger partial charge is 0.330 e. The van der Waals surface area contributed by atoms with Crippen LogP contribution in [0.15, 0.2) is 24.3 Å². The summed E-state index contributed by atoms with van der Waals surface area (Å²) in [5.41, 5.74) is 6.59. The summed E-state index contributed by atoms with van der Waals surface area (Å²) in [6.07, 6.45) is 2.17. The molecule has 2 rings (SSSR count). The number of benzene rings is 1. The number of halogens is 1. The summed E-state index contributed by atoms with van der Waals surface area (Å²) in [7, 11) is 1.87. The molecule has 0 saturated heterocycles. The minimum absolute atomic E-state index is 0.0451. The Balaban J connectivity index is 2.31. The van der Waals surface area contributed by atoms with Crippen molar-refractivity contribution >= 4 is 0 Å². The van der Waals surface area contributed by atoms with Gasteiger partial charge >= 0.3 is 0 Å². The molecular weight excluding hydrogens is 191 g/mol. The molecule has 3 heteroatoms. The van der Waals surface area contributed by atoms with Crippen molar-refractivity contribution in [2.24, 2.45) is 11.1 Å². The molecule has 0 aliphatic heterocycles. The molecule has 15 heavy (non-hydrogen) atoms. The minimum Gasteiger partial charge on any atom is -0.330 e. The van der Waals surface area contributed by atoms with Crippen LogP contribution in [-0.2, 0) is 0 Å². The topological polar surface area (TPSA) is 38.0 Å². The van der Waals surface area contributed by atoms with E-state index in [4.69, 9.17) is 5.73 Å². The van der Waals surface area contributed by atoms with Crippen LogP contribution < -0.4 is 11.1 Å². The minimum atomic E-state index is -0.142. The molecule has 1 atom stereocenters. The van der Waals surface area contributed by atoms with Crippen LogP contribution in [0.2, 0.25) is 0 Å². The number of rotatable bonds is 4. The summed E-state index contributed by atoms with van der Waals surface area (Å²) in [5.74, 6) is -0.142. The van der Waals surface area contributed by atoms with Crippen LogP contribution in [0.1, 0.15) is 24.4 Å². The van der Waals surface area contributed by atoms with Gasteiger partial charge in [-0.05, 0) is 32.5 Å².